The van der Waals surface area contributed by atoms with Crippen LogP contribution in [0.15, 0.2) is 36.5 Å². The van der Waals surface area contributed by atoms with Crippen molar-refractivity contribution in [3.63, 3.8) is 0 Å². The molecule has 1 heterocycles. The molecule has 0 unspecified atom stereocenters. The molecule has 21 heavy (non-hydrogen) atoms. The second-order valence-corrected chi connectivity index (χ2v) is 4.90. The molecule has 0 saturated carbocycles. The smallest absolute Gasteiger partial charge is 0.226 e. The minimum atomic E-state index is -0.202. The van der Waals surface area contributed by atoms with Crippen LogP contribution in [0.2, 0.25) is 0 Å². The topological polar surface area (TPSA) is 64.0 Å². The number of Topliss-reactive ketones (excluding diaryl/α,β-unsaturated/α-hetero) is 1. The molecule has 1 aromatic heterocycles. The van der Waals surface area contributed by atoms with Crippen molar-refractivity contribution in [1.82, 2.24) is 9.78 Å². The van der Waals surface area contributed by atoms with Gasteiger partial charge in [-0.3, -0.25) is 14.3 Å². The van der Waals surface area contributed by atoms with Gasteiger partial charge in [-0.15, -0.1) is 0 Å². The Balaban J connectivity index is 1.83. The minimum absolute atomic E-state index is 0.0196. The highest BCUT2D eigenvalue weighted by atomic mass is 16.2. The lowest BCUT2D eigenvalue weighted by atomic mass is 10.0. The molecule has 1 aromatic carbocycles. The minimum Gasteiger partial charge on any atom is -0.309 e. The van der Waals surface area contributed by atoms with Crippen LogP contribution in [0.25, 0.3) is 0 Å². The van der Waals surface area contributed by atoms with Crippen molar-refractivity contribution in [2.24, 2.45) is 7.05 Å². The summed E-state index contributed by atoms with van der Waals surface area (Å²) in [5, 5.41) is 6.72. The van der Waals surface area contributed by atoms with Gasteiger partial charge in [-0.05, 0) is 12.0 Å². The van der Waals surface area contributed by atoms with E-state index in [0.29, 0.717) is 11.4 Å². The summed E-state index contributed by atoms with van der Waals surface area (Å²) in [5.74, 6) is 0.281. The van der Waals surface area contributed by atoms with E-state index in [0.717, 1.165) is 6.42 Å². The first-order chi connectivity index (χ1) is 10.1. The van der Waals surface area contributed by atoms with Crippen LogP contribution in [0.4, 0.5) is 5.82 Å². The van der Waals surface area contributed by atoms with E-state index < -0.39 is 0 Å². The molecule has 1 N–H and O–H groups in total. The van der Waals surface area contributed by atoms with Crippen molar-refractivity contribution in [3.8, 4) is 0 Å². The quantitative estimate of drug-likeness (QED) is 0.830. The molecule has 2 aromatic rings. The molecule has 0 radical (unpaired) electrons. The number of nitrogens with zero attached hydrogens (tertiary/aromatic N) is 2. The highest BCUT2D eigenvalue weighted by Gasteiger charge is 2.10. The summed E-state index contributed by atoms with van der Waals surface area (Å²) in [7, 11) is 1.78. The van der Waals surface area contributed by atoms with Crippen LogP contribution < -0.4 is 5.32 Å². The van der Waals surface area contributed by atoms with Gasteiger partial charge in [0.2, 0.25) is 5.91 Å². The Bertz CT molecular complexity index is 629. The number of hydrogen-bond donors (Lipinski definition) is 1. The van der Waals surface area contributed by atoms with Gasteiger partial charge in [0, 0.05) is 37.7 Å². The predicted molar refractivity (Wildman–Crippen MR) is 81.2 cm³/mol. The van der Waals surface area contributed by atoms with Crippen molar-refractivity contribution in [1.29, 1.82) is 0 Å². The summed E-state index contributed by atoms with van der Waals surface area (Å²) in [6, 6.07) is 9.24. The summed E-state index contributed by atoms with van der Waals surface area (Å²) in [6.45, 7) is 2.07. The Morgan fingerprint density at radius 3 is 2.43 bits per heavy atom. The largest absolute Gasteiger partial charge is 0.309 e. The molecular formula is C16H19N3O2. The summed E-state index contributed by atoms with van der Waals surface area (Å²) in [6.07, 6.45) is 3.05. The second kappa shape index (κ2) is 6.83. The number of rotatable bonds is 6. The van der Waals surface area contributed by atoms with Gasteiger partial charge in [0.1, 0.15) is 0 Å². The number of amides is 1. The first-order valence-electron chi connectivity index (χ1n) is 7.00. The second-order valence-electron chi connectivity index (χ2n) is 4.90. The average molecular weight is 285 g/mol. The molecule has 0 spiro atoms. The fourth-order valence-corrected chi connectivity index (χ4v) is 1.98. The molecule has 5 heteroatoms. The SMILES string of the molecule is CCc1ccc(C(=O)CCC(=O)Nc2ccn(C)n2)cc1. The summed E-state index contributed by atoms with van der Waals surface area (Å²) >= 11 is 0. The Hall–Kier alpha value is -2.43. The monoisotopic (exact) mass is 285 g/mol. The Morgan fingerprint density at radius 2 is 1.86 bits per heavy atom. The van der Waals surface area contributed by atoms with E-state index in [1.807, 2.05) is 24.3 Å². The maximum Gasteiger partial charge on any atom is 0.226 e. The third-order valence-electron chi connectivity index (χ3n) is 3.24. The zero-order valence-corrected chi connectivity index (χ0v) is 12.3. The van der Waals surface area contributed by atoms with Crippen LogP contribution in [-0.2, 0) is 18.3 Å². The van der Waals surface area contributed by atoms with E-state index in [2.05, 4.69) is 17.3 Å². The van der Waals surface area contributed by atoms with Gasteiger partial charge in [-0.2, -0.15) is 5.10 Å². The van der Waals surface area contributed by atoms with Crippen LogP contribution >= 0.6 is 0 Å². The van der Waals surface area contributed by atoms with Gasteiger partial charge in [0.05, 0.1) is 0 Å². The molecule has 2 rings (SSSR count). The van der Waals surface area contributed by atoms with Crippen LogP contribution in [0, 0.1) is 0 Å². The maximum atomic E-state index is 12.0. The van der Waals surface area contributed by atoms with Crippen molar-refractivity contribution < 1.29 is 9.59 Å². The molecule has 0 bridgehead atoms. The van der Waals surface area contributed by atoms with Crippen molar-refractivity contribution in [2.75, 3.05) is 5.32 Å². The zero-order chi connectivity index (χ0) is 15.2. The lowest BCUT2D eigenvalue weighted by Gasteiger charge is -2.03. The highest BCUT2D eigenvalue weighted by Crippen LogP contribution is 2.10. The zero-order valence-electron chi connectivity index (χ0n) is 12.3. The van der Waals surface area contributed by atoms with Gasteiger partial charge < -0.3 is 5.32 Å². The fraction of sp³-hybridized carbons (Fsp3) is 0.312. The fourth-order valence-electron chi connectivity index (χ4n) is 1.98. The summed E-state index contributed by atoms with van der Waals surface area (Å²) < 4.78 is 1.61. The molecule has 5 nitrogen and oxygen atoms in total. The van der Waals surface area contributed by atoms with Crippen molar-refractivity contribution in [2.45, 2.75) is 26.2 Å². The van der Waals surface area contributed by atoms with Crippen LogP contribution in [-0.4, -0.2) is 21.5 Å². The van der Waals surface area contributed by atoms with E-state index in [1.54, 1.807) is 24.0 Å². The van der Waals surface area contributed by atoms with E-state index in [-0.39, 0.29) is 24.5 Å². The first kappa shape index (κ1) is 15.0. The molecule has 0 atom stereocenters. The summed E-state index contributed by atoms with van der Waals surface area (Å²) in [4.78, 5) is 23.8. The number of anilines is 1. The predicted octanol–water partition coefficient (Wildman–Crippen LogP) is 2.58. The molecule has 0 aliphatic rings. The number of ketones is 1. The van der Waals surface area contributed by atoms with Gasteiger partial charge >= 0.3 is 0 Å². The van der Waals surface area contributed by atoms with Gasteiger partial charge in [-0.25, -0.2) is 0 Å². The molecule has 0 fully saturated rings. The number of nitrogens with one attached hydrogen (secondary N) is 1. The Kier molecular flexibility index (Phi) is 4.87. The van der Waals surface area contributed by atoms with E-state index in [1.165, 1.54) is 5.56 Å². The Morgan fingerprint density at radius 1 is 1.14 bits per heavy atom. The van der Waals surface area contributed by atoms with Crippen LogP contribution in [0.1, 0.15) is 35.7 Å². The standard InChI is InChI=1S/C16H19N3O2/c1-3-12-4-6-13(7-5-12)14(20)8-9-16(21)17-15-10-11-19(2)18-15/h4-7,10-11H,3,8-9H2,1-2H3,(H,17,18,21). The van der Waals surface area contributed by atoms with Crippen LogP contribution in [0.5, 0.6) is 0 Å². The molecule has 0 aliphatic carbocycles. The average Bonchev–Trinajstić information content (AvgIpc) is 2.90. The normalized spacial score (nSPS) is 10.4. The first-order valence-corrected chi connectivity index (χ1v) is 7.00. The molecular weight excluding hydrogens is 266 g/mol. The summed E-state index contributed by atoms with van der Waals surface area (Å²) in [5.41, 5.74) is 1.84. The number of aryl methyl sites for hydroxylation is 2. The van der Waals surface area contributed by atoms with Gasteiger partial charge in [0.25, 0.3) is 0 Å². The third kappa shape index (κ3) is 4.27. The Labute approximate surface area is 124 Å². The highest BCUT2D eigenvalue weighted by molar-refractivity contribution is 5.99. The van der Waals surface area contributed by atoms with E-state index in [4.69, 9.17) is 0 Å². The number of carbonyl (C=O) groups is 2. The lowest BCUT2D eigenvalue weighted by Crippen LogP contribution is -2.14. The maximum absolute atomic E-state index is 12.0. The third-order valence-corrected chi connectivity index (χ3v) is 3.24. The lowest BCUT2D eigenvalue weighted by molar-refractivity contribution is -0.116. The molecule has 0 aliphatic heterocycles. The molecule has 1 amide bonds. The van der Waals surface area contributed by atoms with E-state index >= 15 is 0 Å². The number of benzene rings is 1. The van der Waals surface area contributed by atoms with Crippen LogP contribution in [0.3, 0.4) is 0 Å². The number of carbonyl (C=O) groups excluding carboxylic acids is 2. The van der Waals surface area contributed by atoms with Crippen molar-refractivity contribution in [3.05, 3.63) is 47.7 Å². The number of hydrogen-bond acceptors (Lipinski definition) is 3. The van der Waals surface area contributed by atoms with Gasteiger partial charge in [-0.1, -0.05) is 31.2 Å². The number of aromatic nitrogens is 2. The van der Waals surface area contributed by atoms with Gasteiger partial charge in [0.15, 0.2) is 11.6 Å². The van der Waals surface area contributed by atoms with Crippen molar-refractivity contribution >= 4 is 17.5 Å². The van der Waals surface area contributed by atoms with E-state index in [9.17, 15) is 9.59 Å². The molecule has 110 valence electrons. The molecule has 0 saturated heterocycles.